The van der Waals surface area contributed by atoms with Gasteiger partial charge in [-0.05, 0) is 0 Å². The van der Waals surface area contributed by atoms with Crippen LogP contribution >= 0.6 is 15.6 Å². The lowest BCUT2D eigenvalue weighted by molar-refractivity contribution is -0.139. The van der Waals surface area contributed by atoms with Gasteiger partial charge in [-0.3, -0.25) is 9.32 Å². The first-order valence-electron chi connectivity index (χ1n) is 3.26. The van der Waals surface area contributed by atoms with Crippen molar-refractivity contribution in [2.75, 3.05) is 6.61 Å². The molecular formula is C3H9NO9P2. The van der Waals surface area contributed by atoms with Crippen LogP contribution in [-0.4, -0.2) is 38.4 Å². The number of carbonyl (C=O) groups is 1. The number of nitrogens with two attached hydrogens (primary N) is 1. The standard InChI is InChI=1S/C3H9NO9P2/c4-2(3(5)6)1-12-15(10,11)13-14(7,8)9/h2H,1,4H2,(H,5,6)(H,10,11)(H2,7,8,9)/t2-/m0/s1. The Kier molecular flexibility index (Phi) is 5.04. The highest BCUT2D eigenvalue weighted by Gasteiger charge is 2.33. The van der Waals surface area contributed by atoms with Crippen molar-refractivity contribution < 1.29 is 42.5 Å². The average molecular weight is 265 g/mol. The molecule has 0 rings (SSSR count). The van der Waals surface area contributed by atoms with Crippen LogP contribution in [0.2, 0.25) is 0 Å². The highest BCUT2D eigenvalue weighted by molar-refractivity contribution is 7.60. The first kappa shape index (κ1) is 14.7. The number of carboxylic acid groups (broad SMARTS) is 1. The summed E-state index contributed by atoms with van der Waals surface area (Å²) in [6, 6.07) is -1.61. The molecule has 0 spiro atoms. The SMILES string of the molecule is N[C@@H](COP(=O)(O)OP(=O)(O)O)C(=O)O. The molecule has 10 nitrogen and oxygen atoms in total. The van der Waals surface area contributed by atoms with Gasteiger partial charge in [0.2, 0.25) is 0 Å². The topological polar surface area (TPSA) is 177 Å². The Hall–Kier alpha value is -0.310. The lowest BCUT2D eigenvalue weighted by atomic mass is 10.3. The van der Waals surface area contributed by atoms with Crippen LogP contribution in [0.3, 0.4) is 0 Å². The number of aliphatic carboxylic acids is 1. The predicted octanol–water partition coefficient (Wildman–Crippen LogP) is -1.38. The molecule has 0 aliphatic heterocycles. The third-order valence-corrected chi connectivity index (χ3v) is 3.10. The van der Waals surface area contributed by atoms with E-state index in [1.807, 2.05) is 0 Å². The molecule has 90 valence electrons. The maximum atomic E-state index is 10.7. The fraction of sp³-hybridized carbons (Fsp3) is 0.667. The molecule has 1 unspecified atom stereocenters. The summed E-state index contributed by atoms with van der Waals surface area (Å²) < 4.78 is 28.1. The van der Waals surface area contributed by atoms with Crippen LogP contribution in [0.15, 0.2) is 0 Å². The van der Waals surface area contributed by atoms with Crippen molar-refractivity contribution in [3.05, 3.63) is 0 Å². The fourth-order valence-electron chi connectivity index (χ4n) is 0.404. The van der Waals surface area contributed by atoms with Crippen LogP contribution in [0.4, 0.5) is 0 Å². The van der Waals surface area contributed by atoms with Gasteiger partial charge in [0.05, 0.1) is 6.61 Å². The predicted molar refractivity (Wildman–Crippen MR) is 44.5 cm³/mol. The molecule has 0 saturated carbocycles. The molecule has 0 fully saturated rings. The monoisotopic (exact) mass is 265 g/mol. The smallest absolute Gasteiger partial charge is 0.480 e. The van der Waals surface area contributed by atoms with Gasteiger partial charge in [-0.1, -0.05) is 0 Å². The van der Waals surface area contributed by atoms with E-state index in [1.54, 1.807) is 0 Å². The number of hydrogen-bond acceptors (Lipinski definition) is 6. The Morgan fingerprint density at radius 1 is 1.33 bits per heavy atom. The average Bonchev–Trinajstić information content (AvgIpc) is 1.95. The van der Waals surface area contributed by atoms with Gasteiger partial charge in [-0.15, -0.1) is 0 Å². The lowest BCUT2D eigenvalue weighted by Gasteiger charge is -2.13. The number of phosphoric acid groups is 2. The minimum atomic E-state index is -5.20. The molecule has 2 atom stereocenters. The maximum Gasteiger partial charge on any atom is 0.481 e. The molecule has 0 aromatic carbocycles. The summed E-state index contributed by atoms with van der Waals surface area (Å²) in [5, 5.41) is 8.24. The molecular weight excluding hydrogens is 256 g/mol. The quantitative estimate of drug-likeness (QED) is 0.359. The summed E-state index contributed by atoms with van der Waals surface area (Å²) in [6.45, 7) is -0.927. The second-order valence-electron chi connectivity index (χ2n) is 2.28. The zero-order valence-electron chi connectivity index (χ0n) is 7.09. The summed E-state index contributed by atoms with van der Waals surface area (Å²) in [5.74, 6) is -1.51. The van der Waals surface area contributed by atoms with Crippen LogP contribution in [0.1, 0.15) is 0 Å². The second-order valence-corrected chi connectivity index (χ2v) is 5.11. The zero-order chi connectivity index (χ0) is 12.3. The maximum absolute atomic E-state index is 10.7. The summed E-state index contributed by atoms with van der Waals surface area (Å²) in [6.07, 6.45) is 0. The van der Waals surface area contributed by atoms with Gasteiger partial charge < -0.3 is 25.5 Å². The third kappa shape index (κ3) is 7.60. The van der Waals surface area contributed by atoms with Crippen molar-refractivity contribution in [3.8, 4) is 0 Å². The Labute approximate surface area is 83.5 Å². The fourth-order valence-corrected chi connectivity index (χ4v) is 2.02. The van der Waals surface area contributed by atoms with E-state index in [4.69, 9.17) is 25.5 Å². The highest BCUT2D eigenvalue weighted by Crippen LogP contribution is 2.57. The van der Waals surface area contributed by atoms with Crippen LogP contribution < -0.4 is 5.73 Å². The molecule has 15 heavy (non-hydrogen) atoms. The van der Waals surface area contributed by atoms with Crippen molar-refractivity contribution in [2.45, 2.75) is 6.04 Å². The summed E-state index contributed by atoms with van der Waals surface area (Å²) in [5.41, 5.74) is 4.88. The zero-order valence-corrected chi connectivity index (χ0v) is 8.88. The molecule has 0 saturated heterocycles. The Bertz CT molecular complexity index is 321. The second kappa shape index (κ2) is 5.15. The molecule has 0 aromatic heterocycles. The normalized spacial score (nSPS) is 18.1. The van der Waals surface area contributed by atoms with E-state index in [9.17, 15) is 13.9 Å². The van der Waals surface area contributed by atoms with Gasteiger partial charge in [0, 0.05) is 0 Å². The van der Waals surface area contributed by atoms with Gasteiger partial charge in [0.1, 0.15) is 6.04 Å². The largest absolute Gasteiger partial charge is 0.481 e. The Morgan fingerprint density at radius 2 is 1.80 bits per heavy atom. The van der Waals surface area contributed by atoms with E-state index in [0.29, 0.717) is 0 Å². The van der Waals surface area contributed by atoms with E-state index in [2.05, 4.69) is 8.83 Å². The lowest BCUT2D eigenvalue weighted by Crippen LogP contribution is -2.34. The van der Waals surface area contributed by atoms with Crippen molar-refractivity contribution >= 4 is 21.6 Å². The molecule has 0 radical (unpaired) electrons. The summed E-state index contributed by atoms with van der Waals surface area (Å²) >= 11 is 0. The van der Waals surface area contributed by atoms with Crippen LogP contribution in [0.25, 0.3) is 0 Å². The van der Waals surface area contributed by atoms with Crippen LogP contribution in [-0.2, 0) is 22.8 Å². The van der Waals surface area contributed by atoms with E-state index < -0.39 is 34.3 Å². The number of rotatable bonds is 6. The third-order valence-electron chi connectivity index (χ3n) is 0.944. The van der Waals surface area contributed by atoms with Crippen molar-refractivity contribution in [2.24, 2.45) is 5.73 Å². The van der Waals surface area contributed by atoms with E-state index >= 15 is 0 Å². The van der Waals surface area contributed by atoms with Crippen molar-refractivity contribution in [1.82, 2.24) is 0 Å². The Morgan fingerprint density at radius 3 is 2.13 bits per heavy atom. The van der Waals surface area contributed by atoms with E-state index in [0.717, 1.165) is 0 Å². The van der Waals surface area contributed by atoms with E-state index in [1.165, 1.54) is 0 Å². The highest BCUT2D eigenvalue weighted by atomic mass is 31.3. The first-order chi connectivity index (χ1) is 6.53. The van der Waals surface area contributed by atoms with Gasteiger partial charge in [0.15, 0.2) is 0 Å². The Balaban J connectivity index is 4.23. The minimum Gasteiger partial charge on any atom is -0.480 e. The minimum absolute atomic E-state index is 0.927. The van der Waals surface area contributed by atoms with Crippen LogP contribution in [0, 0.1) is 0 Å². The van der Waals surface area contributed by atoms with Crippen molar-refractivity contribution in [1.29, 1.82) is 0 Å². The van der Waals surface area contributed by atoms with Gasteiger partial charge in [0.25, 0.3) is 0 Å². The van der Waals surface area contributed by atoms with Crippen LogP contribution in [0.5, 0.6) is 0 Å². The first-order valence-corrected chi connectivity index (χ1v) is 6.29. The molecule has 0 amide bonds. The van der Waals surface area contributed by atoms with E-state index in [-0.39, 0.29) is 0 Å². The molecule has 0 heterocycles. The molecule has 0 aliphatic rings. The summed E-state index contributed by atoms with van der Waals surface area (Å²) in [4.78, 5) is 35.1. The molecule has 12 heteroatoms. The molecule has 0 aliphatic carbocycles. The number of hydrogen-bond donors (Lipinski definition) is 5. The van der Waals surface area contributed by atoms with Gasteiger partial charge >= 0.3 is 21.6 Å². The van der Waals surface area contributed by atoms with Gasteiger partial charge in [-0.2, -0.15) is 4.31 Å². The van der Waals surface area contributed by atoms with Gasteiger partial charge in [-0.25, -0.2) is 9.13 Å². The summed E-state index contributed by atoms with van der Waals surface area (Å²) in [7, 11) is -10.2. The molecule has 6 N–H and O–H groups in total. The molecule has 0 aromatic rings. The number of carboxylic acids is 1. The van der Waals surface area contributed by atoms with Crippen molar-refractivity contribution in [3.63, 3.8) is 0 Å². The molecule has 0 bridgehead atoms. The number of phosphoric ester groups is 1.